The molecule has 0 aromatic heterocycles. The number of amides is 1. The molecule has 2 aromatic rings. The molecule has 21 heavy (non-hydrogen) atoms. The number of aryl methyl sites for hydroxylation is 1. The van der Waals surface area contributed by atoms with Crippen LogP contribution in [0.3, 0.4) is 0 Å². The third-order valence-electron chi connectivity index (χ3n) is 3.06. The van der Waals surface area contributed by atoms with Gasteiger partial charge in [-0.15, -0.1) is 0 Å². The minimum atomic E-state index is -3.64. The van der Waals surface area contributed by atoms with Crippen LogP contribution in [-0.4, -0.2) is 14.3 Å². The van der Waals surface area contributed by atoms with E-state index in [0.29, 0.717) is 11.3 Å². The van der Waals surface area contributed by atoms with Crippen LogP contribution in [-0.2, 0) is 16.4 Å². The molecule has 0 bridgehead atoms. The van der Waals surface area contributed by atoms with Crippen LogP contribution in [0.2, 0.25) is 0 Å². The van der Waals surface area contributed by atoms with E-state index in [1.54, 1.807) is 24.3 Å². The first-order valence-electron chi connectivity index (χ1n) is 6.44. The van der Waals surface area contributed by atoms with Crippen LogP contribution < -0.4 is 10.5 Å². The van der Waals surface area contributed by atoms with Gasteiger partial charge < -0.3 is 5.73 Å². The molecular formula is C15H16N2O3S. The number of carbonyl (C=O) groups is 1. The van der Waals surface area contributed by atoms with Gasteiger partial charge in [0.25, 0.3) is 10.0 Å². The minimum absolute atomic E-state index is 0.193. The number of carbonyl (C=O) groups excluding carboxylic acids is 1. The first kappa shape index (κ1) is 15.1. The molecule has 0 saturated heterocycles. The molecule has 0 spiro atoms. The maximum atomic E-state index is 12.2. The summed E-state index contributed by atoms with van der Waals surface area (Å²) in [5.74, 6) is -0.556. The number of primary amides is 1. The van der Waals surface area contributed by atoms with Crippen LogP contribution in [0, 0.1) is 0 Å². The second kappa shape index (κ2) is 5.97. The largest absolute Gasteiger partial charge is 0.366 e. The summed E-state index contributed by atoms with van der Waals surface area (Å²) in [5.41, 5.74) is 6.90. The van der Waals surface area contributed by atoms with E-state index in [9.17, 15) is 13.2 Å². The second-order valence-corrected chi connectivity index (χ2v) is 6.23. The Morgan fingerprint density at radius 2 is 1.62 bits per heavy atom. The maximum absolute atomic E-state index is 12.2. The van der Waals surface area contributed by atoms with Crippen LogP contribution in [0.1, 0.15) is 22.8 Å². The molecule has 0 saturated carbocycles. The molecule has 0 fully saturated rings. The third kappa shape index (κ3) is 3.61. The number of nitrogens with two attached hydrogens (primary N) is 1. The van der Waals surface area contributed by atoms with Crippen LogP contribution >= 0.6 is 0 Å². The molecule has 110 valence electrons. The summed E-state index contributed by atoms with van der Waals surface area (Å²) >= 11 is 0. The monoisotopic (exact) mass is 304 g/mol. The van der Waals surface area contributed by atoms with Gasteiger partial charge in [-0.25, -0.2) is 8.42 Å². The summed E-state index contributed by atoms with van der Waals surface area (Å²) in [6.07, 6.45) is 0.850. The van der Waals surface area contributed by atoms with Gasteiger partial charge in [0.1, 0.15) is 0 Å². The Labute approximate surface area is 123 Å². The Kier molecular flexibility index (Phi) is 4.28. The van der Waals surface area contributed by atoms with E-state index in [1.165, 1.54) is 24.3 Å². The smallest absolute Gasteiger partial charge is 0.261 e. The number of nitrogens with one attached hydrogen (secondary N) is 1. The normalized spacial score (nSPS) is 11.1. The first-order valence-corrected chi connectivity index (χ1v) is 7.92. The van der Waals surface area contributed by atoms with Crippen molar-refractivity contribution in [1.82, 2.24) is 0 Å². The van der Waals surface area contributed by atoms with E-state index in [-0.39, 0.29) is 4.90 Å². The Morgan fingerprint density at radius 3 is 2.10 bits per heavy atom. The van der Waals surface area contributed by atoms with Crippen LogP contribution in [0.25, 0.3) is 0 Å². The number of rotatable bonds is 5. The highest BCUT2D eigenvalue weighted by Gasteiger charge is 2.14. The molecule has 0 radical (unpaired) electrons. The lowest BCUT2D eigenvalue weighted by atomic mass is 10.2. The van der Waals surface area contributed by atoms with E-state index in [2.05, 4.69) is 4.72 Å². The summed E-state index contributed by atoms with van der Waals surface area (Å²) in [6.45, 7) is 2.00. The van der Waals surface area contributed by atoms with Crippen LogP contribution in [0.4, 0.5) is 5.69 Å². The summed E-state index contributed by atoms with van der Waals surface area (Å²) < 4.78 is 26.9. The van der Waals surface area contributed by atoms with E-state index in [4.69, 9.17) is 5.73 Å². The Balaban J connectivity index is 2.21. The van der Waals surface area contributed by atoms with Gasteiger partial charge in [-0.05, 0) is 48.4 Å². The highest BCUT2D eigenvalue weighted by Crippen LogP contribution is 2.17. The zero-order valence-corrected chi connectivity index (χ0v) is 12.4. The number of sulfonamides is 1. The zero-order valence-electron chi connectivity index (χ0n) is 11.5. The van der Waals surface area contributed by atoms with Gasteiger partial charge in [0.2, 0.25) is 5.91 Å². The van der Waals surface area contributed by atoms with Gasteiger partial charge in [0, 0.05) is 11.3 Å². The SMILES string of the molecule is CCc1ccc(S(=O)(=O)Nc2ccc(C(N)=O)cc2)cc1. The first-order chi connectivity index (χ1) is 9.92. The molecule has 3 N–H and O–H groups in total. The molecule has 0 aliphatic carbocycles. The van der Waals surface area contributed by atoms with Gasteiger partial charge >= 0.3 is 0 Å². The molecule has 0 unspecified atom stereocenters. The van der Waals surface area contributed by atoms with Crippen molar-refractivity contribution in [3.8, 4) is 0 Å². The molecule has 2 aromatic carbocycles. The number of benzene rings is 2. The predicted octanol–water partition coefficient (Wildman–Crippen LogP) is 2.15. The lowest BCUT2D eigenvalue weighted by Crippen LogP contribution is -2.14. The number of hydrogen-bond donors (Lipinski definition) is 2. The molecule has 5 nitrogen and oxygen atoms in total. The van der Waals surface area contributed by atoms with Gasteiger partial charge in [-0.2, -0.15) is 0 Å². The standard InChI is InChI=1S/C15H16N2O3S/c1-2-11-3-9-14(10-4-11)21(19,20)17-13-7-5-12(6-8-13)15(16)18/h3-10,17H,2H2,1H3,(H2,16,18). The number of anilines is 1. The van der Waals surface area contributed by atoms with Gasteiger partial charge in [-0.1, -0.05) is 19.1 Å². The average molecular weight is 304 g/mol. The molecular weight excluding hydrogens is 288 g/mol. The zero-order chi connectivity index (χ0) is 15.5. The van der Waals surface area contributed by atoms with Gasteiger partial charge in [0.05, 0.1) is 4.90 Å². The van der Waals surface area contributed by atoms with E-state index in [1.807, 2.05) is 6.92 Å². The molecule has 0 aliphatic heterocycles. The summed E-state index contributed by atoms with van der Waals surface area (Å²) in [6, 6.07) is 12.6. The quantitative estimate of drug-likeness (QED) is 0.887. The molecule has 0 aliphatic rings. The Bertz CT molecular complexity index is 735. The molecule has 1 amide bonds. The summed E-state index contributed by atoms with van der Waals surface area (Å²) in [7, 11) is -3.64. The maximum Gasteiger partial charge on any atom is 0.261 e. The Morgan fingerprint density at radius 1 is 1.05 bits per heavy atom. The predicted molar refractivity (Wildman–Crippen MR) is 81.6 cm³/mol. The van der Waals surface area contributed by atoms with Crippen molar-refractivity contribution in [3.05, 3.63) is 59.7 Å². The molecule has 0 heterocycles. The fraction of sp³-hybridized carbons (Fsp3) is 0.133. The second-order valence-electron chi connectivity index (χ2n) is 4.54. The van der Waals surface area contributed by atoms with Gasteiger partial charge in [0.15, 0.2) is 0 Å². The van der Waals surface area contributed by atoms with Crippen molar-refractivity contribution in [1.29, 1.82) is 0 Å². The van der Waals surface area contributed by atoms with Crippen molar-refractivity contribution < 1.29 is 13.2 Å². The molecule has 6 heteroatoms. The number of hydrogen-bond acceptors (Lipinski definition) is 3. The van der Waals surface area contributed by atoms with Crippen molar-refractivity contribution in [2.45, 2.75) is 18.2 Å². The van der Waals surface area contributed by atoms with Crippen molar-refractivity contribution in [2.75, 3.05) is 4.72 Å². The highest BCUT2D eigenvalue weighted by molar-refractivity contribution is 7.92. The lowest BCUT2D eigenvalue weighted by molar-refractivity contribution is 0.100. The van der Waals surface area contributed by atoms with E-state index < -0.39 is 15.9 Å². The summed E-state index contributed by atoms with van der Waals surface area (Å²) in [4.78, 5) is 11.2. The summed E-state index contributed by atoms with van der Waals surface area (Å²) in [5, 5.41) is 0. The average Bonchev–Trinajstić information content (AvgIpc) is 2.47. The van der Waals surface area contributed by atoms with Gasteiger partial charge in [-0.3, -0.25) is 9.52 Å². The topological polar surface area (TPSA) is 89.3 Å². The van der Waals surface area contributed by atoms with Crippen LogP contribution in [0.15, 0.2) is 53.4 Å². The van der Waals surface area contributed by atoms with Crippen molar-refractivity contribution in [3.63, 3.8) is 0 Å². The van der Waals surface area contributed by atoms with Crippen molar-refractivity contribution >= 4 is 21.6 Å². The minimum Gasteiger partial charge on any atom is -0.366 e. The van der Waals surface area contributed by atoms with Crippen molar-refractivity contribution in [2.24, 2.45) is 5.73 Å². The third-order valence-corrected chi connectivity index (χ3v) is 4.46. The van der Waals surface area contributed by atoms with Crippen LogP contribution in [0.5, 0.6) is 0 Å². The van der Waals surface area contributed by atoms with E-state index >= 15 is 0 Å². The lowest BCUT2D eigenvalue weighted by Gasteiger charge is -2.09. The fourth-order valence-electron chi connectivity index (χ4n) is 1.82. The molecule has 0 atom stereocenters. The van der Waals surface area contributed by atoms with E-state index in [0.717, 1.165) is 12.0 Å². The highest BCUT2D eigenvalue weighted by atomic mass is 32.2. The fourth-order valence-corrected chi connectivity index (χ4v) is 2.88. The Hall–Kier alpha value is -2.34. The molecule has 2 rings (SSSR count).